The zero-order valence-electron chi connectivity index (χ0n) is 17.0. The Morgan fingerprint density at radius 1 is 1.17 bits per heavy atom. The zero-order chi connectivity index (χ0) is 21.5. The quantitative estimate of drug-likeness (QED) is 0.615. The molecule has 0 saturated carbocycles. The van der Waals surface area contributed by atoms with Gasteiger partial charge in [-0.15, -0.1) is 0 Å². The van der Waals surface area contributed by atoms with E-state index in [1.165, 1.54) is 18.3 Å². The summed E-state index contributed by atoms with van der Waals surface area (Å²) in [5.41, 5.74) is 4.80. The molecule has 1 amide bonds. The molecule has 0 spiro atoms. The van der Waals surface area contributed by atoms with Crippen LogP contribution in [0.15, 0.2) is 41.3 Å². The van der Waals surface area contributed by atoms with E-state index in [4.69, 9.17) is 11.6 Å². The molecule has 0 unspecified atom stereocenters. The Kier molecular flexibility index (Phi) is 5.61. The van der Waals surface area contributed by atoms with Crippen LogP contribution in [0.3, 0.4) is 0 Å². The summed E-state index contributed by atoms with van der Waals surface area (Å²) in [6, 6.07) is 10.4. The fraction of sp³-hybridized carbons (Fsp3) is 0.318. The molecular weight excluding hydrogens is 422 g/mol. The maximum Gasteiger partial charge on any atom is 0.243 e. The summed E-state index contributed by atoms with van der Waals surface area (Å²) in [4.78, 5) is 16.0. The Labute approximate surface area is 181 Å². The van der Waals surface area contributed by atoms with E-state index in [1.807, 2.05) is 13.0 Å². The van der Waals surface area contributed by atoms with Crippen molar-refractivity contribution in [1.82, 2.24) is 9.29 Å². The number of rotatable bonds is 5. The number of hydrogen-bond acceptors (Lipinski definition) is 3. The van der Waals surface area contributed by atoms with Crippen LogP contribution in [0, 0.1) is 6.92 Å². The van der Waals surface area contributed by atoms with Gasteiger partial charge in [-0.3, -0.25) is 4.79 Å². The van der Waals surface area contributed by atoms with Crippen LogP contribution in [0.25, 0.3) is 10.9 Å². The molecule has 0 atom stereocenters. The smallest absolute Gasteiger partial charge is 0.243 e. The third-order valence-corrected chi connectivity index (χ3v) is 7.65. The van der Waals surface area contributed by atoms with Gasteiger partial charge in [0.25, 0.3) is 0 Å². The maximum atomic E-state index is 13.1. The number of sulfonamides is 1. The van der Waals surface area contributed by atoms with Gasteiger partial charge in [0.2, 0.25) is 15.9 Å². The van der Waals surface area contributed by atoms with Crippen LogP contribution in [0.4, 0.5) is 5.69 Å². The molecule has 30 heavy (non-hydrogen) atoms. The normalized spacial score (nSPS) is 14.1. The second-order valence-electron chi connectivity index (χ2n) is 7.79. The van der Waals surface area contributed by atoms with Gasteiger partial charge in [-0.25, -0.2) is 8.42 Å². The molecule has 0 aliphatic heterocycles. The Balaban J connectivity index is 1.54. The molecule has 0 saturated heterocycles. The summed E-state index contributed by atoms with van der Waals surface area (Å²) in [7, 11) is -2.41. The molecule has 4 rings (SSSR count). The standard InChI is InChI=1S/C22H24ClN3O3S/c1-14-7-9-21(18(23)11-14)25-22(27)13-26(2)30(28,29)15-8-10-20-17(12-15)16-5-3-4-6-19(16)24-20/h7-12,24H,3-6,13H2,1-2H3,(H,25,27). The fourth-order valence-electron chi connectivity index (χ4n) is 3.92. The molecule has 3 aromatic rings. The molecule has 1 heterocycles. The number of amides is 1. The van der Waals surface area contributed by atoms with E-state index >= 15 is 0 Å². The molecule has 1 aliphatic carbocycles. The predicted octanol–water partition coefficient (Wildman–Crippen LogP) is 4.27. The molecule has 8 heteroatoms. The average Bonchev–Trinajstić information content (AvgIpc) is 3.08. The lowest BCUT2D eigenvalue weighted by Gasteiger charge is -2.17. The summed E-state index contributed by atoms with van der Waals surface area (Å²) in [6.45, 7) is 1.59. The second-order valence-corrected chi connectivity index (χ2v) is 10.2. The van der Waals surface area contributed by atoms with Gasteiger partial charge in [0.05, 0.1) is 22.2 Å². The predicted molar refractivity (Wildman–Crippen MR) is 120 cm³/mol. The summed E-state index contributed by atoms with van der Waals surface area (Å²) < 4.78 is 27.2. The van der Waals surface area contributed by atoms with E-state index in [9.17, 15) is 13.2 Å². The first-order valence-corrected chi connectivity index (χ1v) is 11.7. The van der Waals surface area contributed by atoms with Crippen molar-refractivity contribution in [2.24, 2.45) is 0 Å². The first kappa shape index (κ1) is 20.9. The lowest BCUT2D eigenvalue weighted by atomic mass is 9.96. The van der Waals surface area contributed by atoms with Crippen LogP contribution >= 0.6 is 11.6 Å². The third kappa shape index (κ3) is 3.97. The number of nitrogens with zero attached hydrogens (tertiary/aromatic N) is 1. The summed E-state index contributed by atoms with van der Waals surface area (Å²) >= 11 is 6.15. The van der Waals surface area contributed by atoms with Gasteiger partial charge in [-0.2, -0.15) is 4.31 Å². The number of aryl methyl sites for hydroxylation is 3. The van der Waals surface area contributed by atoms with Gasteiger partial charge < -0.3 is 10.3 Å². The lowest BCUT2D eigenvalue weighted by molar-refractivity contribution is -0.116. The van der Waals surface area contributed by atoms with Crippen molar-refractivity contribution in [1.29, 1.82) is 0 Å². The number of nitrogens with one attached hydrogen (secondary N) is 2. The third-order valence-electron chi connectivity index (χ3n) is 5.54. The van der Waals surface area contributed by atoms with Crippen LogP contribution in [0.5, 0.6) is 0 Å². The molecule has 1 aliphatic rings. The minimum atomic E-state index is -3.81. The van der Waals surface area contributed by atoms with Gasteiger partial charge in [0, 0.05) is 23.6 Å². The van der Waals surface area contributed by atoms with E-state index in [2.05, 4.69) is 10.3 Å². The minimum Gasteiger partial charge on any atom is -0.358 e. The van der Waals surface area contributed by atoms with E-state index in [-0.39, 0.29) is 11.4 Å². The molecule has 158 valence electrons. The van der Waals surface area contributed by atoms with Crippen LogP contribution in [-0.2, 0) is 27.7 Å². The van der Waals surface area contributed by atoms with Gasteiger partial charge in [0.1, 0.15) is 0 Å². The lowest BCUT2D eigenvalue weighted by Crippen LogP contribution is -2.35. The SMILES string of the molecule is Cc1ccc(NC(=O)CN(C)S(=O)(=O)c2ccc3[nH]c4c(c3c2)CCCC4)c(Cl)c1. The van der Waals surface area contributed by atoms with Crippen molar-refractivity contribution < 1.29 is 13.2 Å². The molecule has 0 fully saturated rings. The average molecular weight is 446 g/mol. The molecule has 0 radical (unpaired) electrons. The summed E-state index contributed by atoms with van der Waals surface area (Å²) in [5, 5.41) is 4.04. The van der Waals surface area contributed by atoms with Crippen molar-refractivity contribution in [2.75, 3.05) is 18.9 Å². The van der Waals surface area contributed by atoms with Crippen LogP contribution in [0.2, 0.25) is 5.02 Å². The molecule has 6 nitrogen and oxygen atoms in total. The number of halogens is 1. The first-order valence-electron chi connectivity index (χ1n) is 9.91. The minimum absolute atomic E-state index is 0.186. The molecule has 0 bridgehead atoms. The topological polar surface area (TPSA) is 82.3 Å². The zero-order valence-corrected chi connectivity index (χ0v) is 18.5. The fourth-order valence-corrected chi connectivity index (χ4v) is 5.36. The summed E-state index contributed by atoms with van der Waals surface area (Å²) in [5.74, 6) is -0.452. The van der Waals surface area contributed by atoms with E-state index in [0.717, 1.165) is 46.5 Å². The highest BCUT2D eigenvalue weighted by molar-refractivity contribution is 7.89. The Hall–Kier alpha value is -2.35. The monoisotopic (exact) mass is 445 g/mol. The summed E-state index contributed by atoms with van der Waals surface area (Å²) in [6.07, 6.45) is 4.20. The highest BCUT2D eigenvalue weighted by Gasteiger charge is 2.25. The number of fused-ring (bicyclic) bond motifs is 3. The Morgan fingerprint density at radius 2 is 1.93 bits per heavy atom. The Bertz CT molecular complexity index is 1230. The van der Waals surface area contributed by atoms with Crippen LogP contribution < -0.4 is 5.32 Å². The Morgan fingerprint density at radius 3 is 2.70 bits per heavy atom. The second kappa shape index (κ2) is 8.06. The number of benzene rings is 2. The van der Waals surface area contributed by atoms with Crippen LogP contribution in [-0.4, -0.2) is 37.2 Å². The van der Waals surface area contributed by atoms with Gasteiger partial charge in [0.15, 0.2) is 0 Å². The highest BCUT2D eigenvalue weighted by Crippen LogP contribution is 2.31. The maximum absolute atomic E-state index is 13.1. The van der Waals surface area contributed by atoms with Gasteiger partial charge in [-0.05, 0) is 74.1 Å². The number of aromatic nitrogens is 1. The van der Waals surface area contributed by atoms with Gasteiger partial charge >= 0.3 is 0 Å². The van der Waals surface area contributed by atoms with Crippen molar-refractivity contribution in [3.05, 3.63) is 58.2 Å². The van der Waals surface area contributed by atoms with E-state index < -0.39 is 15.9 Å². The van der Waals surface area contributed by atoms with Gasteiger partial charge in [-0.1, -0.05) is 17.7 Å². The number of carbonyl (C=O) groups excluding carboxylic acids is 1. The van der Waals surface area contributed by atoms with Crippen molar-refractivity contribution in [3.63, 3.8) is 0 Å². The molecule has 1 aromatic heterocycles. The number of aromatic amines is 1. The largest absolute Gasteiger partial charge is 0.358 e. The number of hydrogen-bond donors (Lipinski definition) is 2. The number of anilines is 1. The highest BCUT2D eigenvalue weighted by atomic mass is 35.5. The van der Waals surface area contributed by atoms with E-state index in [1.54, 1.807) is 30.3 Å². The van der Waals surface area contributed by atoms with E-state index in [0.29, 0.717) is 10.7 Å². The number of H-pyrrole nitrogens is 1. The molecule has 2 N–H and O–H groups in total. The number of likely N-dealkylation sites (N-methyl/N-ethyl adjacent to an activating group) is 1. The number of carbonyl (C=O) groups is 1. The van der Waals surface area contributed by atoms with Crippen LogP contribution in [0.1, 0.15) is 29.7 Å². The van der Waals surface area contributed by atoms with Crippen molar-refractivity contribution >= 4 is 44.1 Å². The molecule has 2 aromatic carbocycles. The van der Waals surface area contributed by atoms with Crippen molar-refractivity contribution in [2.45, 2.75) is 37.5 Å². The first-order chi connectivity index (χ1) is 14.3. The van der Waals surface area contributed by atoms with Crippen molar-refractivity contribution in [3.8, 4) is 0 Å². The molecular formula is C22H24ClN3O3S.